The highest BCUT2D eigenvalue weighted by molar-refractivity contribution is 9.10. The van der Waals surface area contributed by atoms with Crippen LogP contribution in [0, 0.1) is 0 Å². The molecule has 2 aromatic rings. The summed E-state index contributed by atoms with van der Waals surface area (Å²) < 4.78 is 4.67. The molecule has 2 heterocycles. The van der Waals surface area contributed by atoms with Crippen LogP contribution < -0.4 is 0 Å². The summed E-state index contributed by atoms with van der Waals surface area (Å²) in [5, 5.41) is 8.64. The van der Waals surface area contributed by atoms with Crippen LogP contribution in [0.1, 0.15) is 4.88 Å². The smallest absolute Gasteiger partial charge is 0.308 e. The van der Waals surface area contributed by atoms with Gasteiger partial charge < -0.3 is 5.11 Å². The Kier molecular flexibility index (Phi) is 2.42. The van der Waals surface area contributed by atoms with Crippen molar-refractivity contribution >= 4 is 44.5 Å². The highest BCUT2D eigenvalue weighted by Gasteiger charge is 2.12. The number of carbonyl (C=O) groups is 1. The maximum Gasteiger partial charge on any atom is 0.308 e. The Morgan fingerprint density at radius 2 is 2.29 bits per heavy atom. The molecule has 0 saturated carbocycles. The molecule has 1 N–H and O–H groups in total. The number of carboxylic acids is 1. The fourth-order valence-electron chi connectivity index (χ4n) is 1.04. The first kappa shape index (κ1) is 9.47. The third-order valence-corrected chi connectivity index (χ3v) is 3.01. The van der Waals surface area contributed by atoms with Gasteiger partial charge in [0.2, 0.25) is 0 Å². The van der Waals surface area contributed by atoms with Crippen LogP contribution in [0.3, 0.4) is 0 Å². The number of aromatic nitrogens is 3. The van der Waals surface area contributed by atoms with Crippen LogP contribution in [-0.4, -0.2) is 25.4 Å². The van der Waals surface area contributed by atoms with Crippen molar-refractivity contribution in [3.63, 3.8) is 0 Å². The molecule has 0 atom stereocenters. The monoisotopic (exact) mass is 273 g/mol. The molecule has 0 radical (unpaired) electrons. The lowest BCUT2D eigenvalue weighted by Gasteiger charge is -1.92. The van der Waals surface area contributed by atoms with Gasteiger partial charge in [0.15, 0.2) is 0 Å². The Bertz CT molecular complexity index is 499. The molecule has 14 heavy (non-hydrogen) atoms. The van der Waals surface area contributed by atoms with Gasteiger partial charge in [0.05, 0.1) is 11.3 Å². The molecule has 0 bridgehead atoms. The Morgan fingerprint density at radius 1 is 1.50 bits per heavy atom. The molecule has 0 aromatic carbocycles. The van der Waals surface area contributed by atoms with Crippen molar-refractivity contribution in [2.75, 3.05) is 0 Å². The zero-order valence-corrected chi connectivity index (χ0v) is 9.17. The van der Waals surface area contributed by atoms with E-state index in [-0.39, 0.29) is 6.42 Å². The van der Waals surface area contributed by atoms with Crippen LogP contribution in [-0.2, 0) is 11.2 Å². The van der Waals surface area contributed by atoms with Gasteiger partial charge in [-0.25, -0.2) is 9.97 Å². The van der Waals surface area contributed by atoms with Gasteiger partial charge in [0.1, 0.15) is 22.0 Å². The van der Waals surface area contributed by atoms with Crippen LogP contribution in [0.25, 0.3) is 11.0 Å². The summed E-state index contributed by atoms with van der Waals surface area (Å²) in [5.74, 6) is -0.884. The lowest BCUT2D eigenvalue weighted by Crippen LogP contribution is -1.98. The van der Waals surface area contributed by atoms with Crippen LogP contribution in [0.2, 0.25) is 0 Å². The number of fused-ring (bicyclic) bond motifs is 1. The highest BCUT2D eigenvalue weighted by Crippen LogP contribution is 2.24. The Hall–Kier alpha value is -1.08. The van der Waals surface area contributed by atoms with E-state index >= 15 is 0 Å². The molecule has 2 aromatic heterocycles. The molecule has 7 heteroatoms. The zero-order valence-electron chi connectivity index (χ0n) is 6.77. The van der Waals surface area contributed by atoms with Crippen LogP contribution in [0.4, 0.5) is 0 Å². The number of nitrogens with zero attached hydrogens (tertiary/aromatic N) is 3. The second kappa shape index (κ2) is 3.58. The lowest BCUT2D eigenvalue weighted by atomic mass is 10.3. The van der Waals surface area contributed by atoms with Crippen molar-refractivity contribution in [2.45, 2.75) is 6.42 Å². The van der Waals surface area contributed by atoms with E-state index < -0.39 is 5.97 Å². The Labute approximate surface area is 91.1 Å². The van der Waals surface area contributed by atoms with Gasteiger partial charge in [0, 0.05) is 0 Å². The number of halogens is 1. The fourth-order valence-corrected chi connectivity index (χ4v) is 2.32. The first-order chi connectivity index (χ1) is 6.68. The van der Waals surface area contributed by atoms with E-state index in [1.165, 1.54) is 6.33 Å². The number of aliphatic carboxylic acids is 1. The van der Waals surface area contributed by atoms with Crippen molar-refractivity contribution < 1.29 is 9.90 Å². The molecule has 0 aliphatic heterocycles. The molecule has 2 rings (SSSR count). The minimum absolute atomic E-state index is 0.0510. The minimum atomic E-state index is -0.884. The van der Waals surface area contributed by atoms with Crippen molar-refractivity contribution in [1.82, 2.24) is 14.3 Å². The second-order valence-corrected chi connectivity index (χ2v) is 4.15. The summed E-state index contributed by atoms with van der Waals surface area (Å²) in [4.78, 5) is 19.1. The van der Waals surface area contributed by atoms with Crippen molar-refractivity contribution in [1.29, 1.82) is 0 Å². The summed E-state index contributed by atoms with van der Waals surface area (Å²) in [7, 11) is 0. The topological polar surface area (TPSA) is 76.0 Å². The predicted octanol–water partition coefficient (Wildman–Crippen LogP) is 1.48. The van der Waals surface area contributed by atoms with Gasteiger partial charge in [-0.05, 0) is 27.5 Å². The van der Waals surface area contributed by atoms with Crippen molar-refractivity contribution in [2.24, 2.45) is 0 Å². The molecule has 0 saturated heterocycles. The standard InChI is InChI=1S/C7H4BrN3O2S/c8-7-6-5(9-2-10-7)3(14-11-6)1-4(12)13/h2H,1H2,(H,12,13). The Balaban J connectivity index is 2.58. The summed E-state index contributed by atoms with van der Waals surface area (Å²) >= 11 is 4.36. The zero-order chi connectivity index (χ0) is 10.1. The lowest BCUT2D eigenvalue weighted by molar-refractivity contribution is -0.136. The first-order valence-electron chi connectivity index (χ1n) is 3.65. The fraction of sp³-hybridized carbons (Fsp3) is 0.143. The van der Waals surface area contributed by atoms with E-state index in [1.807, 2.05) is 0 Å². The van der Waals surface area contributed by atoms with E-state index in [9.17, 15) is 4.79 Å². The van der Waals surface area contributed by atoms with Gasteiger partial charge in [-0.2, -0.15) is 4.37 Å². The second-order valence-electron chi connectivity index (χ2n) is 2.54. The predicted molar refractivity (Wildman–Crippen MR) is 54.2 cm³/mol. The molecule has 0 spiro atoms. The summed E-state index contributed by atoms with van der Waals surface area (Å²) in [6, 6.07) is 0. The molecule has 0 aliphatic rings. The average Bonchev–Trinajstić information content (AvgIpc) is 2.49. The normalized spacial score (nSPS) is 10.6. The number of hydrogen-bond acceptors (Lipinski definition) is 5. The van der Waals surface area contributed by atoms with Crippen molar-refractivity contribution in [3.05, 3.63) is 15.8 Å². The number of carboxylic acid groups (broad SMARTS) is 1. The van der Waals surface area contributed by atoms with Gasteiger partial charge in [-0.1, -0.05) is 0 Å². The largest absolute Gasteiger partial charge is 0.481 e. The van der Waals surface area contributed by atoms with Gasteiger partial charge in [-0.3, -0.25) is 4.79 Å². The minimum Gasteiger partial charge on any atom is -0.481 e. The van der Waals surface area contributed by atoms with E-state index in [2.05, 4.69) is 30.3 Å². The first-order valence-corrected chi connectivity index (χ1v) is 5.21. The van der Waals surface area contributed by atoms with Gasteiger partial charge in [0.25, 0.3) is 0 Å². The maximum absolute atomic E-state index is 10.5. The summed E-state index contributed by atoms with van der Waals surface area (Å²) in [6.45, 7) is 0. The van der Waals surface area contributed by atoms with Gasteiger partial charge >= 0.3 is 5.97 Å². The molecule has 72 valence electrons. The number of rotatable bonds is 2. The van der Waals surface area contributed by atoms with E-state index in [0.717, 1.165) is 11.5 Å². The van der Waals surface area contributed by atoms with E-state index in [1.54, 1.807) is 0 Å². The molecular formula is C7H4BrN3O2S. The van der Waals surface area contributed by atoms with E-state index in [0.29, 0.717) is 20.5 Å². The molecule has 5 nitrogen and oxygen atoms in total. The Morgan fingerprint density at radius 3 is 3.00 bits per heavy atom. The SMILES string of the molecule is O=C(O)Cc1snc2c(Br)ncnc12. The molecule has 0 amide bonds. The highest BCUT2D eigenvalue weighted by atomic mass is 79.9. The van der Waals surface area contributed by atoms with Crippen molar-refractivity contribution in [3.8, 4) is 0 Å². The molecule has 0 unspecified atom stereocenters. The average molecular weight is 274 g/mol. The third-order valence-electron chi connectivity index (χ3n) is 1.60. The van der Waals surface area contributed by atoms with Crippen LogP contribution >= 0.6 is 27.5 Å². The molecular weight excluding hydrogens is 270 g/mol. The van der Waals surface area contributed by atoms with Crippen LogP contribution in [0.15, 0.2) is 10.9 Å². The molecule has 0 aliphatic carbocycles. The quantitative estimate of drug-likeness (QED) is 0.839. The number of hydrogen-bond donors (Lipinski definition) is 1. The van der Waals surface area contributed by atoms with Crippen LogP contribution in [0.5, 0.6) is 0 Å². The summed E-state index contributed by atoms with van der Waals surface area (Å²) in [6.07, 6.45) is 1.33. The summed E-state index contributed by atoms with van der Waals surface area (Å²) in [5.41, 5.74) is 1.23. The third kappa shape index (κ3) is 1.60. The van der Waals surface area contributed by atoms with E-state index in [4.69, 9.17) is 5.11 Å². The molecule has 0 fully saturated rings. The van der Waals surface area contributed by atoms with Gasteiger partial charge in [-0.15, -0.1) is 0 Å². The maximum atomic E-state index is 10.5.